The molecule has 0 radical (unpaired) electrons. The van der Waals surface area contributed by atoms with Crippen LogP contribution in [-0.2, 0) is 23.9 Å². The summed E-state index contributed by atoms with van der Waals surface area (Å²) in [4.78, 5) is 36.1. The number of ether oxygens (including phenoxy) is 2. The maximum Gasteiger partial charge on any atom is 0.303 e. The maximum atomic E-state index is 12.9. The predicted molar refractivity (Wildman–Crippen MR) is 102 cm³/mol. The zero-order valence-corrected chi connectivity index (χ0v) is 17.2. The lowest BCUT2D eigenvalue weighted by Crippen LogP contribution is -2.55. The summed E-state index contributed by atoms with van der Waals surface area (Å²) in [7, 11) is 0. The molecule has 0 aromatic carbocycles. The van der Waals surface area contributed by atoms with Gasteiger partial charge in [0.1, 0.15) is 6.61 Å². The SMILES string of the molecule is CC(=O)OCC(=O)[C@@H]1CC[C@@H]2[C@@H]3CCC4=CC(=O)CC[C@]4(C)[C@H]3[C@@H]3C[C@@]21[C@H](O)O3. The molecule has 4 aliphatic carbocycles. The van der Waals surface area contributed by atoms with Gasteiger partial charge in [-0.05, 0) is 67.8 Å². The van der Waals surface area contributed by atoms with Crippen LogP contribution in [0.2, 0.25) is 0 Å². The highest BCUT2D eigenvalue weighted by Crippen LogP contribution is 2.71. The third-order valence-electron chi connectivity index (χ3n) is 9.05. The van der Waals surface area contributed by atoms with Crippen LogP contribution in [0.4, 0.5) is 0 Å². The molecule has 5 aliphatic rings. The van der Waals surface area contributed by atoms with Crippen molar-refractivity contribution in [2.75, 3.05) is 6.61 Å². The molecule has 8 atom stereocenters. The lowest BCUT2D eigenvalue weighted by atomic mass is 9.46. The number of ketones is 2. The van der Waals surface area contributed by atoms with Crippen molar-refractivity contribution < 1.29 is 29.0 Å². The molecular weight excluding hydrogens is 372 g/mol. The minimum Gasteiger partial charge on any atom is -0.458 e. The van der Waals surface area contributed by atoms with Crippen molar-refractivity contribution in [2.24, 2.45) is 34.5 Å². The Kier molecular flexibility index (Phi) is 4.34. The predicted octanol–water partition coefficient (Wildman–Crippen LogP) is 2.57. The van der Waals surface area contributed by atoms with E-state index < -0.39 is 17.7 Å². The third kappa shape index (κ3) is 2.57. The Bertz CT molecular complexity index is 801. The van der Waals surface area contributed by atoms with Crippen molar-refractivity contribution >= 4 is 17.5 Å². The fraction of sp³-hybridized carbons (Fsp3) is 0.783. The molecule has 6 nitrogen and oxygen atoms in total. The molecule has 1 saturated heterocycles. The van der Waals surface area contributed by atoms with E-state index in [0.717, 1.165) is 32.1 Å². The molecule has 1 spiro atoms. The highest BCUT2D eigenvalue weighted by molar-refractivity contribution is 5.91. The van der Waals surface area contributed by atoms with Gasteiger partial charge in [0.05, 0.1) is 6.10 Å². The molecular formula is C23H30O6. The number of hydrogen-bond acceptors (Lipinski definition) is 6. The first-order chi connectivity index (χ1) is 13.8. The summed E-state index contributed by atoms with van der Waals surface area (Å²) in [6, 6.07) is 0. The quantitative estimate of drug-likeness (QED) is 0.730. The van der Waals surface area contributed by atoms with Crippen LogP contribution in [0.1, 0.15) is 58.8 Å². The minimum atomic E-state index is -0.946. The Morgan fingerprint density at radius 3 is 2.83 bits per heavy atom. The Hall–Kier alpha value is -1.53. The second kappa shape index (κ2) is 6.48. The second-order valence-electron chi connectivity index (χ2n) is 10.1. The summed E-state index contributed by atoms with van der Waals surface area (Å²) in [6.45, 7) is 3.37. The van der Waals surface area contributed by atoms with Crippen LogP contribution in [0.25, 0.3) is 0 Å². The zero-order chi connectivity index (χ0) is 20.6. The van der Waals surface area contributed by atoms with Gasteiger partial charge >= 0.3 is 5.97 Å². The number of esters is 1. The first-order valence-electron chi connectivity index (χ1n) is 11.0. The van der Waals surface area contributed by atoms with Gasteiger partial charge < -0.3 is 14.6 Å². The van der Waals surface area contributed by atoms with Gasteiger partial charge in [-0.2, -0.15) is 0 Å². The van der Waals surface area contributed by atoms with Gasteiger partial charge in [-0.3, -0.25) is 14.4 Å². The number of aliphatic hydroxyl groups excluding tert-OH is 1. The molecule has 2 bridgehead atoms. The molecule has 1 heterocycles. The molecule has 29 heavy (non-hydrogen) atoms. The molecule has 0 unspecified atom stereocenters. The van der Waals surface area contributed by atoms with E-state index in [4.69, 9.17) is 9.47 Å². The summed E-state index contributed by atoms with van der Waals surface area (Å²) < 4.78 is 11.2. The van der Waals surface area contributed by atoms with Crippen molar-refractivity contribution in [3.8, 4) is 0 Å². The average Bonchev–Trinajstić information content (AvgIpc) is 3.19. The number of hydrogen-bond donors (Lipinski definition) is 1. The van der Waals surface area contributed by atoms with Crippen LogP contribution in [0.5, 0.6) is 0 Å². The summed E-state index contributed by atoms with van der Waals surface area (Å²) >= 11 is 0. The van der Waals surface area contributed by atoms with Gasteiger partial charge in [-0.25, -0.2) is 0 Å². The van der Waals surface area contributed by atoms with E-state index in [9.17, 15) is 19.5 Å². The summed E-state index contributed by atoms with van der Waals surface area (Å²) in [6.07, 6.45) is 6.49. The summed E-state index contributed by atoms with van der Waals surface area (Å²) in [5, 5.41) is 11.1. The van der Waals surface area contributed by atoms with E-state index in [1.54, 1.807) is 0 Å². The average molecular weight is 402 g/mol. The molecule has 0 aromatic heterocycles. The zero-order valence-electron chi connectivity index (χ0n) is 17.2. The largest absolute Gasteiger partial charge is 0.458 e. The van der Waals surface area contributed by atoms with Crippen LogP contribution in [-0.4, -0.2) is 41.6 Å². The number of fused-ring (bicyclic) bond motifs is 6. The maximum absolute atomic E-state index is 12.9. The first kappa shape index (κ1) is 19.4. The van der Waals surface area contributed by atoms with Crippen LogP contribution < -0.4 is 0 Å². The molecule has 5 rings (SSSR count). The molecule has 3 saturated carbocycles. The highest BCUT2D eigenvalue weighted by atomic mass is 16.6. The monoisotopic (exact) mass is 402 g/mol. The van der Waals surface area contributed by atoms with Crippen molar-refractivity contribution in [1.29, 1.82) is 0 Å². The molecule has 1 N–H and O–H groups in total. The van der Waals surface area contributed by atoms with Gasteiger partial charge in [0.25, 0.3) is 0 Å². The van der Waals surface area contributed by atoms with Gasteiger partial charge in [0.15, 0.2) is 17.9 Å². The first-order valence-corrected chi connectivity index (χ1v) is 11.0. The van der Waals surface area contributed by atoms with Crippen molar-refractivity contribution in [3.05, 3.63) is 11.6 Å². The number of rotatable bonds is 3. The number of aliphatic hydroxyl groups is 1. The summed E-state index contributed by atoms with van der Waals surface area (Å²) in [5.41, 5.74) is 0.649. The standard InChI is InChI=1S/C23H30O6/c1-12(24)28-11-18(26)17-6-5-16-15-4-3-13-9-14(25)7-8-22(13,2)20(15)19-10-23(16,17)21(27)29-19/h9,15-17,19-21,27H,3-8,10-11H2,1-2H3/t15-,16+,17-,19-,20+,21+,22-,23+/m0/s1. The van der Waals surface area contributed by atoms with Crippen LogP contribution in [0.15, 0.2) is 11.6 Å². The Balaban J connectivity index is 1.48. The molecule has 4 fully saturated rings. The van der Waals surface area contributed by atoms with Crippen molar-refractivity contribution in [1.82, 2.24) is 0 Å². The van der Waals surface area contributed by atoms with Crippen molar-refractivity contribution in [3.63, 3.8) is 0 Å². The summed E-state index contributed by atoms with van der Waals surface area (Å²) in [5.74, 6) is 0.289. The Morgan fingerprint density at radius 2 is 2.07 bits per heavy atom. The van der Waals surface area contributed by atoms with Gasteiger partial charge in [-0.15, -0.1) is 0 Å². The van der Waals surface area contributed by atoms with E-state index in [1.165, 1.54) is 12.5 Å². The van der Waals surface area contributed by atoms with Gasteiger partial charge in [-0.1, -0.05) is 12.5 Å². The molecule has 6 heteroatoms. The topological polar surface area (TPSA) is 89.9 Å². The van der Waals surface area contributed by atoms with Crippen molar-refractivity contribution in [2.45, 2.75) is 71.2 Å². The van der Waals surface area contributed by atoms with Crippen LogP contribution >= 0.6 is 0 Å². The molecule has 0 aromatic rings. The fourth-order valence-corrected chi connectivity index (χ4v) is 7.96. The van der Waals surface area contributed by atoms with E-state index in [-0.39, 0.29) is 47.4 Å². The lowest BCUT2D eigenvalue weighted by molar-refractivity contribution is -0.163. The number of Topliss-reactive ketones (excluding diaryl/α,β-unsaturated/α-hetero) is 1. The molecule has 158 valence electrons. The van der Waals surface area contributed by atoms with Crippen LogP contribution in [0, 0.1) is 34.5 Å². The van der Waals surface area contributed by atoms with Gasteiger partial charge in [0, 0.05) is 24.7 Å². The van der Waals surface area contributed by atoms with E-state index in [2.05, 4.69) is 6.92 Å². The van der Waals surface area contributed by atoms with E-state index >= 15 is 0 Å². The lowest BCUT2D eigenvalue weighted by Gasteiger charge is -2.57. The fourth-order valence-electron chi connectivity index (χ4n) is 7.96. The molecule has 1 aliphatic heterocycles. The normalized spacial score (nSPS) is 47.7. The second-order valence-corrected chi connectivity index (χ2v) is 10.1. The number of allylic oxidation sites excluding steroid dienone is 1. The molecule has 0 amide bonds. The third-order valence-corrected chi connectivity index (χ3v) is 9.05. The van der Waals surface area contributed by atoms with E-state index in [1.807, 2.05) is 6.08 Å². The van der Waals surface area contributed by atoms with E-state index in [0.29, 0.717) is 18.8 Å². The Morgan fingerprint density at radius 1 is 1.28 bits per heavy atom. The Labute approximate surface area is 171 Å². The van der Waals surface area contributed by atoms with Crippen LogP contribution in [0.3, 0.4) is 0 Å². The number of carbonyl (C=O) groups is 3. The minimum absolute atomic E-state index is 0.0580. The van der Waals surface area contributed by atoms with Gasteiger partial charge in [0.2, 0.25) is 0 Å². The highest BCUT2D eigenvalue weighted by Gasteiger charge is 2.71. The smallest absolute Gasteiger partial charge is 0.303 e. The number of carbonyl (C=O) groups excluding carboxylic acids is 3.